The maximum atomic E-state index is 13.0. The third kappa shape index (κ3) is 4.11. The van der Waals surface area contributed by atoms with Crippen molar-refractivity contribution in [2.75, 3.05) is 25.5 Å². The first-order valence-corrected chi connectivity index (χ1v) is 7.01. The lowest BCUT2D eigenvalue weighted by atomic mass is 10.0. The average molecular weight is 321 g/mol. The van der Waals surface area contributed by atoms with Crippen LogP contribution in [0.5, 0.6) is 0 Å². The molecule has 1 fully saturated rings. The molecule has 0 atom stereocenters. The van der Waals surface area contributed by atoms with E-state index in [0.717, 1.165) is 38.1 Å². The van der Waals surface area contributed by atoms with Crippen LogP contribution in [0.1, 0.15) is 28.8 Å². The second kappa shape index (κ2) is 6.23. The van der Waals surface area contributed by atoms with E-state index in [1.54, 1.807) is 0 Å². The van der Waals surface area contributed by atoms with E-state index in [0.29, 0.717) is 5.69 Å². The molecule has 1 aliphatic heterocycles. The summed E-state index contributed by atoms with van der Waals surface area (Å²) in [5.74, 6) is 0. The highest BCUT2D eigenvalue weighted by molar-refractivity contribution is 6.67. The highest BCUT2D eigenvalue weighted by Gasteiger charge is 2.35. The van der Waals surface area contributed by atoms with Gasteiger partial charge in [-0.25, -0.2) is 0 Å². The number of hydrogen-bond acceptors (Lipinski definition) is 3. The Kier molecular flexibility index (Phi) is 4.78. The number of likely N-dealkylation sites (tertiary alicyclic amines) is 1. The molecule has 0 radical (unpaired) electrons. The molecule has 0 aliphatic carbocycles. The van der Waals surface area contributed by atoms with Gasteiger partial charge in [-0.2, -0.15) is 13.2 Å². The Morgan fingerprint density at radius 3 is 2.48 bits per heavy atom. The van der Waals surface area contributed by atoms with Crippen molar-refractivity contribution >= 4 is 22.5 Å². The van der Waals surface area contributed by atoms with E-state index in [4.69, 9.17) is 11.6 Å². The predicted octanol–water partition coefficient (Wildman–Crippen LogP) is 3.59. The van der Waals surface area contributed by atoms with E-state index < -0.39 is 22.5 Å². The maximum absolute atomic E-state index is 13.0. The molecule has 3 nitrogen and oxygen atoms in total. The molecule has 21 heavy (non-hydrogen) atoms. The summed E-state index contributed by atoms with van der Waals surface area (Å²) in [7, 11) is 2.01. The van der Waals surface area contributed by atoms with Crippen LogP contribution in [0.4, 0.5) is 18.9 Å². The minimum Gasteiger partial charge on any atom is -0.382 e. The Morgan fingerprint density at radius 2 is 1.95 bits per heavy atom. The van der Waals surface area contributed by atoms with Gasteiger partial charge in [0.05, 0.1) is 5.56 Å². The van der Waals surface area contributed by atoms with Crippen LogP contribution < -0.4 is 5.32 Å². The molecular formula is C14H16ClF3N2O. The number of piperidine rings is 1. The Morgan fingerprint density at radius 1 is 1.33 bits per heavy atom. The van der Waals surface area contributed by atoms with Crippen LogP contribution in [0.3, 0.4) is 0 Å². The normalized spacial score (nSPS) is 17.8. The van der Waals surface area contributed by atoms with Crippen molar-refractivity contribution in [3.8, 4) is 0 Å². The van der Waals surface area contributed by atoms with E-state index in [9.17, 15) is 18.0 Å². The van der Waals surface area contributed by atoms with Crippen LogP contribution in [0.15, 0.2) is 18.2 Å². The van der Waals surface area contributed by atoms with Gasteiger partial charge in [0.15, 0.2) is 0 Å². The molecule has 1 aromatic carbocycles. The first kappa shape index (κ1) is 16.1. The second-order valence-corrected chi connectivity index (χ2v) is 5.60. The Labute approximate surface area is 126 Å². The molecule has 0 bridgehead atoms. The van der Waals surface area contributed by atoms with Crippen LogP contribution in [0.25, 0.3) is 0 Å². The number of benzene rings is 1. The van der Waals surface area contributed by atoms with Gasteiger partial charge in [0.2, 0.25) is 0 Å². The first-order chi connectivity index (χ1) is 9.77. The van der Waals surface area contributed by atoms with Crippen LogP contribution in [0, 0.1) is 0 Å². The summed E-state index contributed by atoms with van der Waals surface area (Å²) in [4.78, 5) is 13.3. The summed E-state index contributed by atoms with van der Waals surface area (Å²) in [6.45, 7) is 1.81. The standard InChI is InChI=1S/C14H16ClF3N2O/c1-20-6-4-9(5-7-20)19-10-2-3-11(13(15)21)12(8-10)14(16,17)18/h2-3,8-9,19H,4-7H2,1H3. The lowest BCUT2D eigenvalue weighted by molar-refractivity contribution is -0.137. The third-order valence-corrected chi connectivity index (χ3v) is 3.83. The fourth-order valence-corrected chi connectivity index (χ4v) is 2.59. The highest BCUT2D eigenvalue weighted by Crippen LogP contribution is 2.34. The molecule has 116 valence electrons. The number of hydrogen-bond donors (Lipinski definition) is 1. The molecule has 1 N–H and O–H groups in total. The number of anilines is 1. The second-order valence-electron chi connectivity index (χ2n) is 5.25. The summed E-state index contributed by atoms with van der Waals surface area (Å²) >= 11 is 5.21. The molecule has 7 heteroatoms. The summed E-state index contributed by atoms with van der Waals surface area (Å²) < 4.78 is 38.9. The fraction of sp³-hybridized carbons (Fsp3) is 0.500. The fourth-order valence-electron chi connectivity index (χ4n) is 2.43. The van der Waals surface area contributed by atoms with Crippen molar-refractivity contribution in [2.45, 2.75) is 25.1 Å². The molecule has 1 aromatic rings. The Hall–Kier alpha value is -1.27. The van der Waals surface area contributed by atoms with Crippen LogP contribution in [-0.4, -0.2) is 36.3 Å². The molecular weight excluding hydrogens is 305 g/mol. The number of carbonyl (C=O) groups excluding carboxylic acids is 1. The number of rotatable bonds is 3. The quantitative estimate of drug-likeness (QED) is 0.864. The topological polar surface area (TPSA) is 32.3 Å². The zero-order valence-electron chi connectivity index (χ0n) is 11.5. The summed E-state index contributed by atoms with van der Waals surface area (Å²) in [6.07, 6.45) is -2.87. The number of nitrogens with zero attached hydrogens (tertiary/aromatic N) is 1. The zero-order valence-corrected chi connectivity index (χ0v) is 12.3. The van der Waals surface area contributed by atoms with E-state index in [2.05, 4.69) is 10.2 Å². The molecule has 0 aromatic heterocycles. The number of alkyl halides is 3. The number of nitrogens with one attached hydrogen (secondary N) is 1. The van der Waals surface area contributed by atoms with Crippen LogP contribution in [-0.2, 0) is 6.18 Å². The maximum Gasteiger partial charge on any atom is 0.417 e. The molecule has 0 saturated carbocycles. The van der Waals surface area contributed by atoms with Gasteiger partial charge in [-0.05, 0) is 62.8 Å². The van der Waals surface area contributed by atoms with Crippen molar-refractivity contribution < 1.29 is 18.0 Å². The van der Waals surface area contributed by atoms with Crippen LogP contribution >= 0.6 is 11.6 Å². The minimum absolute atomic E-state index is 0.139. The summed E-state index contributed by atoms with van der Waals surface area (Å²) in [5, 5.41) is 2.00. The monoisotopic (exact) mass is 320 g/mol. The zero-order chi connectivity index (χ0) is 15.6. The molecule has 0 spiro atoms. The smallest absolute Gasteiger partial charge is 0.382 e. The van der Waals surface area contributed by atoms with E-state index in [1.807, 2.05) is 7.05 Å². The molecule has 0 unspecified atom stereocenters. The number of carbonyl (C=O) groups is 1. The van der Waals surface area contributed by atoms with E-state index in [1.165, 1.54) is 6.07 Å². The van der Waals surface area contributed by atoms with E-state index in [-0.39, 0.29) is 6.04 Å². The van der Waals surface area contributed by atoms with Gasteiger partial charge in [-0.3, -0.25) is 4.79 Å². The molecule has 0 amide bonds. The SMILES string of the molecule is CN1CCC(Nc2ccc(C(=O)Cl)c(C(F)(F)F)c2)CC1. The minimum atomic E-state index is -4.61. The van der Waals surface area contributed by atoms with Gasteiger partial charge >= 0.3 is 6.18 Å². The van der Waals surface area contributed by atoms with Gasteiger partial charge in [-0.1, -0.05) is 0 Å². The lowest BCUT2D eigenvalue weighted by Crippen LogP contribution is -2.36. The third-order valence-electron chi connectivity index (χ3n) is 3.63. The van der Waals surface area contributed by atoms with Crippen molar-refractivity contribution in [3.05, 3.63) is 29.3 Å². The number of halogens is 4. The highest BCUT2D eigenvalue weighted by atomic mass is 35.5. The van der Waals surface area contributed by atoms with Crippen molar-refractivity contribution in [2.24, 2.45) is 0 Å². The van der Waals surface area contributed by atoms with Crippen molar-refractivity contribution in [1.82, 2.24) is 4.90 Å². The Balaban J connectivity index is 2.20. The largest absolute Gasteiger partial charge is 0.417 e. The molecule has 1 saturated heterocycles. The van der Waals surface area contributed by atoms with Gasteiger partial charge in [0, 0.05) is 17.3 Å². The van der Waals surface area contributed by atoms with Gasteiger partial charge < -0.3 is 10.2 Å². The molecule has 1 heterocycles. The van der Waals surface area contributed by atoms with Crippen LogP contribution in [0.2, 0.25) is 0 Å². The van der Waals surface area contributed by atoms with Gasteiger partial charge in [0.1, 0.15) is 0 Å². The molecule has 1 aliphatic rings. The first-order valence-electron chi connectivity index (χ1n) is 6.63. The van der Waals surface area contributed by atoms with Crippen molar-refractivity contribution in [3.63, 3.8) is 0 Å². The summed E-state index contributed by atoms with van der Waals surface area (Å²) in [6, 6.07) is 3.67. The lowest BCUT2D eigenvalue weighted by Gasteiger charge is -2.30. The summed E-state index contributed by atoms with van der Waals surface area (Å²) in [5.41, 5.74) is -1.16. The Bertz CT molecular complexity index is 525. The van der Waals surface area contributed by atoms with Gasteiger partial charge in [-0.15, -0.1) is 0 Å². The van der Waals surface area contributed by atoms with Gasteiger partial charge in [0.25, 0.3) is 5.24 Å². The average Bonchev–Trinajstić information content (AvgIpc) is 2.40. The molecule has 2 rings (SSSR count). The predicted molar refractivity (Wildman–Crippen MR) is 75.8 cm³/mol. The van der Waals surface area contributed by atoms with E-state index >= 15 is 0 Å². The van der Waals surface area contributed by atoms with Crippen molar-refractivity contribution in [1.29, 1.82) is 0 Å².